The molecule has 0 aliphatic rings. The van der Waals surface area contributed by atoms with Gasteiger partial charge in [-0.1, -0.05) is 23.7 Å². The normalized spacial score (nSPS) is 10.6. The average molecular weight is 368 g/mol. The van der Waals surface area contributed by atoms with Crippen molar-refractivity contribution in [3.8, 4) is 5.75 Å². The average Bonchev–Trinajstić information content (AvgIpc) is 2.48. The van der Waals surface area contributed by atoms with E-state index in [0.29, 0.717) is 20.8 Å². The van der Waals surface area contributed by atoms with E-state index < -0.39 is 0 Å². The topological polar surface area (TPSA) is 50.7 Å². The zero-order valence-corrected chi connectivity index (χ0v) is 13.5. The van der Waals surface area contributed by atoms with E-state index >= 15 is 0 Å². The summed E-state index contributed by atoms with van der Waals surface area (Å²) in [6.07, 6.45) is 1.51. The Hall–Kier alpha value is -1.85. The van der Waals surface area contributed by atoms with Gasteiger partial charge in [-0.2, -0.15) is 5.10 Å². The summed E-state index contributed by atoms with van der Waals surface area (Å²) in [7, 11) is 1.55. The van der Waals surface area contributed by atoms with Crippen molar-refractivity contribution < 1.29 is 9.53 Å². The molecule has 0 aliphatic heterocycles. The fourth-order valence-electron chi connectivity index (χ4n) is 1.63. The van der Waals surface area contributed by atoms with Crippen molar-refractivity contribution >= 4 is 39.7 Å². The first-order chi connectivity index (χ1) is 10.1. The number of rotatable bonds is 4. The van der Waals surface area contributed by atoms with E-state index in [4.69, 9.17) is 16.3 Å². The van der Waals surface area contributed by atoms with Gasteiger partial charge < -0.3 is 4.74 Å². The molecule has 0 saturated carbocycles. The van der Waals surface area contributed by atoms with Gasteiger partial charge in [0, 0.05) is 4.47 Å². The van der Waals surface area contributed by atoms with Crippen LogP contribution in [0, 0.1) is 0 Å². The molecule has 0 heterocycles. The number of nitrogens with one attached hydrogen (secondary N) is 1. The van der Waals surface area contributed by atoms with E-state index in [1.54, 1.807) is 43.5 Å². The highest BCUT2D eigenvalue weighted by Gasteiger charge is 2.07. The molecular weight excluding hydrogens is 356 g/mol. The van der Waals surface area contributed by atoms with Gasteiger partial charge in [-0.3, -0.25) is 4.79 Å². The quantitative estimate of drug-likeness (QED) is 0.659. The Morgan fingerprint density at radius 1 is 1.33 bits per heavy atom. The van der Waals surface area contributed by atoms with E-state index in [0.717, 1.165) is 5.56 Å². The molecule has 2 aromatic rings. The largest absolute Gasteiger partial charge is 0.495 e. The predicted octanol–water partition coefficient (Wildman–Crippen LogP) is 3.88. The van der Waals surface area contributed by atoms with Gasteiger partial charge in [-0.15, -0.1) is 0 Å². The lowest BCUT2D eigenvalue weighted by atomic mass is 10.2. The molecule has 0 bridgehead atoms. The summed E-state index contributed by atoms with van der Waals surface area (Å²) >= 11 is 9.32. The highest BCUT2D eigenvalue weighted by molar-refractivity contribution is 9.10. The maximum Gasteiger partial charge on any atom is 0.272 e. The minimum Gasteiger partial charge on any atom is -0.495 e. The van der Waals surface area contributed by atoms with Gasteiger partial charge in [0.25, 0.3) is 5.91 Å². The number of methoxy groups -OCH3 is 1. The lowest BCUT2D eigenvalue weighted by Gasteiger charge is -2.03. The summed E-state index contributed by atoms with van der Waals surface area (Å²) in [4.78, 5) is 11.9. The number of amides is 1. The first kappa shape index (κ1) is 15.5. The van der Waals surface area contributed by atoms with Crippen LogP contribution in [0.4, 0.5) is 0 Å². The van der Waals surface area contributed by atoms with Gasteiger partial charge in [0.05, 0.1) is 23.9 Å². The molecule has 0 aliphatic carbocycles. The molecule has 4 nitrogen and oxygen atoms in total. The zero-order valence-electron chi connectivity index (χ0n) is 11.1. The number of hydrogen-bond donors (Lipinski definition) is 1. The molecule has 0 saturated heterocycles. The van der Waals surface area contributed by atoms with Gasteiger partial charge in [-0.25, -0.2) is 5.43 Å². The highest BCUT2D eigenvalue weighted by Crippen LogP contribution is 2.24. The van der Waals surface area contributed by atoms with E-state index in [2.05, 4.69) is 26.5 Å². The monoisotopic (exact) mass is 366 g/mol. The van der Waals surface area contributed by atoms with Crippen molar-refractivity contribution in [1.29, 1.82) is 0 Å². The summed E-state index contributed by atoms with van der Waals surface area (Å²) in [6.45, 7) is 0. The van der Waals surface area contributed by atoms with Crippen molar-refractivity contribution in [2.45, 2.75) is 0 Å². The second-order valence-corrected chi connectivity index (χ2v) is 5.33. The standard InChI is InChI=1S/C15H12BrClN2O2/c1-21-14-7-6-10(8-13(14)17)9-18-19-15(20)11-4-2-3-5-12(11)16/h2-9H,1H3,(H,19,20). The Morgan fingerprint density at radius 3 is 2.76 bits per heavy atom. The van der Waals surface area contributed by atoms with Gasteiger partial charge in [0.15, 0.2) is 0 Å². The third-order valence-electron chi connectivity index (χ3n) is 2.67. The van der Waals surface area contributed by atoms with Crippen molar-refractivity contribution in [1.82, 2.24) is 5.43 Å². The van der Waals surface area contributed by atoms with Crippen LogP contribution in [0.25, 0.3) is 0 Å². The molecule has 0 spiro atoms. The fourth-order valence-corrected chi connectivity index (χ4v) is 2.36. The van der Waals surface area contributed by atoms with Gasteiger partial charge in [0.1, 0.15) is 5.75 Å². The fraction of sp³-hybridized carbons (Fsp3) is 0.0667. The molecule has 108 valence electrons. The first-order valence-electron chi connectivity index (χ1n) is 6.03. The summed E-state index contributed by atoms with van der Waals surface area (Å²) in [6, 6.07) is 12.4. The van der Waals surface area contributed by atoms with Crippen molar-refractivity contribution in [3.05, 3.63) is 63.1 Å². The summed E-state index contributed by atoms with van der Waals surface area (Å²) < 4.78 is 5.78. The van der Waals surface area contributed by atoms with Crippen molar-refractivity contribution in [2.24, 2.45) is 5.10 Å². The van der Waals surface area contributed by atoms with Crippen LogP contribution in [-0.4, -0.2) is 19.2 Å². The summed E-state index contributed by atoms with van der Waals surface area (Å²) in [5.74, 6) is 0.296. The first-order valence-corrected chi connectivity index (χ1v) is 7.20. The smallest absolute Gasteiger partial charge is 0.272 e. The molecule has 0 radical (unpaired) electrons. The van der Waals surface area contributed by atoms with Crippen LogP contribution in [0.15, 0.2) is 52.0 Å². The van der Waals surface area contributed by atoms with Gasteiger partial charge in [-0.05, 0) is 51.8 Å². The predicted molar refractivity (Wildman–Crippen MR) is 87.2 cm³/mol. The molecule has 0 fully saturated rings. The second kappa shape index (κ2) is 7.24. The second-order valence-electron chi connectivity index (χ2n) is 4.07. The third kappa shape index (κ3) is 4.06. The van der Waals surface area contributed by atoms with E-state index in [-0.39, 0.29) is 5.91 Å². The minimum atomic E-state index is -0.293. The molecular formula is C15H12BrClN2O2. The molecule has 6 heteroatoms. The molecule has 2 rings (SSSR count). The van der Waals surface area contributed by atoms with Crippen LogP contribution in [0.1, 0.15) is 15.9 Å². The van der Waals surface area contributed by atoms with Crippen LogP contribution in [0.2, 0.25) is 5.02 Å². The number of hydrazone groups is 1. The Balaban J connectivity index is 2.04. The van der Waals surface area contributed by atoms with E-state index in [9.17, 15) is 4.79 Å². The molecule has 1 N–H and O–H groups in total. The SMILES string of the molecule is COc1ccc(C=NNC(=O)c2ccccc2Br)cc1Cl. The molecule has 0 aromatic heterocycles. The number of carbonyl (C=O) groups excluding carboxylic acids is 1. The lowest BCUT2D eigenvalue weighted by Crippen LogP contribution is -2.18. The van der Waals surface area contributed by atoms with Gasteiger partial charge in [0.2, 0.25) is 0 Å². The third-order valence-corrected chi connectivity index (χ3v) is 3.66. The lowest BCUT2D eigenvalue weighted by molar-refractivity contribution is 0.0954. The van der Waals surface area contributed by atoms with E-state index in [1.807, 2.05) is 6.07 Å². The Kier molecular flexibility index (Phi) is 5.36. The molecule has 0 unspecified atom stereocenters. The van der Waals surface area contributed by atoms with Crippen molar-refractivity contribution in [2.75, 3.05) is 7.11 Å². The van der Waals surface area contributed by atoms with E-state index in [1.165, 1.54) is 6.21 Å². The number of ether oxygens (including phenoxy) is 1. The van der Waals surface area contributed by atoms with Crippen LogP contribution in [0.5, 0.6) is 5.75 Å². The molecule has 21 heavy (non-hydrogen) atoms. The van der Waals surface area contributed by atoms with Crippen LogP contribution >= 0.6 is 27.5 Å². The van der Waals surface area contributed by atoms with Crippen molar-refractivity contribution in [3.63, 3.8) is 0 Å². The minimum absolute atomic E-state index is 0.293. The maximum atomic E-state index is 11.9. The number of carbonyl (C=O) groups is 1. The van der Waals surface area contributed by atoms with Gasteiger partial charge >= 0.3 is 0 Å². The Labute approximate surface area is 135 Å². The van der Waals surface area contributed by atoms with Crippen LogP contribution in [-0.2, 0) is 0 Å². The highest BCUT2D eigenvalue weighted by atomic mass is 79.9. The molecule has 0 atom stereocenters. The van der Waals surface area contributed by atoms with Crippen LogP contribution in [0.3, 0.4) is 0 Å². The molecule has 2 aromatic carbocycles. The summed E-state index contributed by atoms with van der Waals surface area (Å²) in [5.41, 5.74) is 3.74. The Morgan fingerprint density at radius 2 is 2.10 bits per heavy atom. The molecule has 1 amide bonds. The number of hydrogen-bond acceptors (Lipinski definition) is 3. The zero-order chi connectivity index (χ0) is 15.2. The maximum absolute atomic E-state index is 11.9. The number of halogens is 2. The number of nitrogens with zero attached hydrogens (tertiary/aromatic N) is 1. The summed E-state index contributed by atoms with van der Waals surface area (Å²) in [5, 5.41) is 4.40. The number of benzene rings is 2. The Bertz CT molecular complexity index is 689. The van der Waals surface area contributed by atoms with Crippen LogP contribution < -0.4 is 10.2 Å².